The molecule has 1 fully saturated rings. The number of carbonyl (C=O) groups is 1. The molecule has 0 unspecified atom stereocenters. The van der Waals surface area contributed by atoms with Gasteiger partial charge in [0, 0.05) is 51.2 Å². The number of piperazine rings is 1. The van der Waals surface area contributed by atoms with Crippen LogP contribution in [0.15, 0.2) is 6.20 Å². The highest BCUT2D eigenvalue weighted by atomic mass is 16.2. The minimum Gasteiger partial charge on any atom is -0.342 e. The smallest absolute Gasteiger partial charge is 0.236 e. The number of hydrogen-bond acceptors (Lipinski definition) is 5. The van der Waals surface area contributed by atoms with Crippen molar-refractivity contribution in [1.82, 2.24) is 19.8 Å². The lowest BCUT2D eigenvalue weighted by molar-refractivity contribution is -0.132. The molecule has 122 valence electrons. The van der Waals surface area contributed by atoms with Gasteiger partial charge in [-0.25, -0.2) is 9.97 Å². The number of aromatic nitrogens is 2. The fourth-order valence-electron chi connectivity index (χ4n) is 2.64. The van der Waals surface area contributed by atoms with Crippen LogP contribution in [-0.4, -0.2) is 71.5 Å². The van der Waals surface area contributed by atoms with Gasteiger partial charge in [0.05, 0.1) is 6.54 Å². The molecule has 1 aromatic rings. The van der Waals surface area contributed by atoms with Crippen molar-refractivity contribution < 1.29 is 4.79 Å². The summed E-state index contributed by atoms with van der Waals surface area (Å²) in [5, 5.41) is 0. The molecule has 0 radical (unpaired) electrons. The van der Waals surface area contributed by atoms with E-state index in [1.807, 2.05) is 38.8 Å². The molecule has 6 heteroatoms. The highest BCUT2D eigenvalue weighted by Crippen LogP contribution is 2.13. The molecule has 22 heavy (non-hydrogen) atoms. The Morgan fingerprint density at radius 3 is 2.36 bits per heavy atom. The van der Waals surface area contributed by atoms with Crippen LogP contribution < -0.4 is 4.90 Å². The molecule has 1 aromatic heterocycles. The summed E-state index contributed by atoms with van der Waals surface area (Å²) >= 11 is 0. The van der Waals surface area contributed by atoms with Crippen LogP contribution in [0.1, 0.15) is 25.1 Å². The van der Waals surface area contributed by atoms with Gasteiger partial charge in [-0.05, 0) is 33.3 Å². The van der Waals surface area contributed by atoms with Gasteiger partial charge in [0.2, 0.25) is 11.9 Å². The van der Waals surface area contributed by atoms with E-state index in [1.165, 1.54) is 0 Å². The minimum atomic E-state index is 0.223. The molecule has 0 N–H and O–H groups in total. The number of hydrogen-bond donors (Lipinski definition) is 0. The van der Waals surface area contributed by atoms with Gasteiger partial charge >= 0.3 is 0 Å². The van der Waals surface area contributed by atoms with Crippen LogP contribution >= 0.6 is 0 Å². The van der Waals surface area contributed by atoms with Crippen LogP contribution in [0.4, 0.5) is 5.95 Å². The minimum absolute atomic E-state index is 0.223. The normalized spacial score (nSPS) is 15.9. The number of aryl methyl sites for hydroxylation is 2. The monoisotopic (exact) mass is 305 g/mol. The Morgan fingerprint density at radius 2 is 1.82 bits per heavy atom. The van der Waals surface area contributed by atoms with Crippen molar-refractivity contribution in [3.8, 4) is 0 Å². The van der Waals surface area contributed by atoms with Crippen LogP contribution in [-0.2, 0) is 4.79 Å². The number of rotatable bonds is 5. The molecule has 1 saturated heterocycles. The maximum absolute atomic E-state index is 12.2. The second kappa shape index (κ2) is 7.54. The predicted octanol–water partition coefficient (Wildman–Crippen LogP) is 1.08. The Hall–Kier alpha value is -1.69. The summed E-state index contributed by atoms with van der Waals surface area (Å²) in [5.41, 5.74) is 2.15. The van der Waals surface area contributed by atoms with Crippen LogP contribution in [0.25, 0.3) is 0 Å². The maximum Gasteiger partial charge on any atom is 0.236 e. The summed E-state index contributed by atoms with van der Waals surface area (Å²) in [6, 6.07) is 0. The standard InChI is InChI=1S/C16H27N5O/c1-5-20(6-2)15(22)12-19-7-9-21(10-8-19)16-17-11-13(3)14(4)18-16/h11H,5-10,12H2,1-4H3. The van der Waals surface area contributed by atoms with Gasteiger partial charge in [0.25, 0.3) is 0 Å². The Morgan fingerprint density at radius 1 is 1.18 bits per heavy atom. The molecule has 2 heterocycles. The fourth-order valence-corrected chi connectivity index (χ4v) is 2.64. The third kappa shape index (κ3) is 3.94. The fraction of sp³-hybridized carbons (Fsp3) is 0.688. The summed E-state index contributed by atoms with van der Waals surface area (Å²) < 4.78 is 0. The number of anilines is 1. The van der Waals surface area contributed by atoms with E-state index < -0.39 is 0 Å². The second-order valence-corrected chi connectivity index (χ2v) is 5.77. The van der Waals surface area contributed by atoms with Crippen molar-refractivity contribution in [2.75, 3.05) is 50.7 Å². The SMILES string of the molecule is CCN(CC)C(=O)CN1CCN(c2ncc(C)c(C)n2)CC1. The van der Waals surface area contributed by atoms with Crippen molar-refractivity contribution in [3.05, 3.63) is 17.5 Å². The first-order chi connectivity index (χ1) is 10.5. The van der Waals surface area contributed by atoms with E-state index >= 15 is 0 Å². The van der Waals surface area contributed by atoms with Gasteiger partial charge in [-0.2, -0.15) is 0 Å². The molecule has 0 saturated carbocycles. The quantitative estimate of drug-likeness (QED) is 0.815. The molecule has 2 rings (SSSR count). The van der Waals surface area contributed by atoms with E-state index in [9.17, 15) is 4.79 Å². The lowest BCUT2D eigenvalue weighted by Gasteiger charge is -2.35. The van der Waals surface area contributed by atoms with Crippen LogP contribution in [0.3, 0.4) is 0 Å². The molecule has 0 aromatic carbocycles. The van der Waals surface area contributed by atoms with Crippen molar-refractivity contribution in [1.29, 1.82) is 0 Å². The zero-order valence-corrected chi connectivity index (χ0v) is 14.2. The molecule has 1 amide bonds. The Labute approximate surface area is 133 Å². The zero-order valence-electron chi connectivity index (χ0n) is 14.2. The topological polar surface area (TPSA) is 52.6 Å². The molecule has 0 spiro atoms. The Bertz CT molecular complexity index is 507. The van der Waals surface area contributed by atoms with Crippen molar-refractivity contribution in [3.63, 3.8) is 0 Å². The van der Waals surface area contributed by atoms with Crippen molar-refractivity contribution >= 4 is 11.9 Å². The van der Waals surface area contributed by atoms with E-state index in [2.05, 4.69) is 19.8 Å². The third-order valence-electron chi connectivity index (χ3n) is 4.34. The summed E-state index contributed by atoms with van der Waals surface area (Å²) in [4.78, 5) is 27.4. The number of carbonyl (C=O) groups excluding carboxylic acids is 1. The van der Waals surface area contributed by atoms with Gasteiger partial charge in [-0.3, -0.25) is 9.69 Å². The molecule has 0 bridgehead atoms. The Balaban J connectivity index is 1.87. The van der Waals surface area contributed by atoms with Gasteiger partial charge < -0.3 is 9.80 Å². The molecule has 0 aliphatic carbocycles. The molecular weight excluding hydrogens is 278 g/mol. The van der Waals surface area contributed by atoms with Crippen LogP contribution in [0, 0.1) is 13.8 Å². The molecule has 1 aliphatic heterocycles. The highest BCUT2D eigenvalue weighted by molar-refractivity contribution is 5.78. The summed E-state index contributed by atoms with van der Waals surface area (Å²) in [5.74, 6) is 1.03. The third-order valence-corrected chi connectivity index (χ3v) is 4.34. The van der Waals surface area contributed by atoms with E-state index in [0.717, 1.165) is 56.5 Å². The van der Waals surface area contributed by atoms with Crippen LogP contribution in [0.5, 0.6) is 0 Å². The van der Waals surface area contributed by atoms with E-state index in [1.54, 1.807) is 0 Å². The first-order valence-corrected chi connectivity index (χ1v) is 8.10. The predicted molar refractivity (Wildman–Crippen MR) is 88.1 cm³/mol. The van der Waals surface area contributed by atoms with Crippen molar-refractivity contribution in [2.24, 2.45) is 0 Å². The number of likely N-dealkylation sites (N-methyl/N-ethyl adjacent to an activating group) is 1. The van der Waals surface area contributed by atoms with E-state index in [4.69, 9.17) is 0 Å². The molecular formula is C16H27N5O. The van der Waals surface area contributed by atoms with Gasteiger partial charge in [-0.1, -0.05) is 0 Å². The molecule has 0 atom stereocenters. The van der Waals surface area contributed by atoms with Crippen LogP contribution in [0.2, 0.25) is 0 Å². The zero-order chi connectivity index (χ0) is 16.1. The van der Waals surface area contributed by atoms with E-state index in [0.29, 0.717) is 6.54 Å². The number of amides is 1. The average molecular weight is 305 g/mol. The first kappa shape index (κ1) is 16.7. The maximum atomic E-state index is 12.2. The highest BCUT2D eigenvalue weighted by Gasteiger charge is 2.22. The number of nitrogens with zero attached hydrogens (tertiary/aromatic N) is 5. The molecule has 1 aliphatic rings. The average Bonchev–Trinajstić information content (AvgIpc) is 2.52. The van der Waals surface area contributed by atoms with Crippen molar-refractivity contribution in [2.45, 2.75) is 27.7 Å². The lowest BCUT2D eigenvalue weighted by Crippen LogP contribution is -2.50. The molecule has 6 nitrogen and oxygen atoms in total. The first-order valence-electron chi connectivity index (χ1n) is 8.10. The summed E-state index contributed by atoms with van der Waals surface area (Å²) in [7, 11) is 0. The Kier molecular flexibility index (Phi) is 5.71. The lowest BCUT2D eigenvalue weighted by atomic mass is 10.3. The largest absolute Gasteiger partial charge is 0.342 e. The summed E-state index contributed by atoms with van der Waals surface area (Å²) in [6.45, 7) is 13.7. The van der Waals surface area contributed by atoms with Gasteiger partial charge in [-0.15, -0.1) is 0 Å². The summed E-state index contributed by atoms with van der Waals surface area (Å²) in [6.07, 6.45) is 1.88. The van der Waals surface area contributed by atoms with Gasteiger partial charge in [0.1, 0.15) is 0 Å². The second-order valence-electron chi connectivity index (χ2n) is 5.77. The van der Waals surface area contributed by atoms with E-state index in [-0.39, 0.29) is 5.91 Å². The van der Waals surface area contributed by atoms with Gasteiger partial charge in [0.15, 0.2) is 0 Å².